The molecule has 0 bridgehead atoms. The molecular weight excluding hydrogens is 258 g/mol. The summed E-state index contributed by atoms with van der Waals surface area (Å²) in [6, 6.07) is 8.11. The Morgan fingerprint density at radius 1 is 1.31 bits per heavy atom. The Labute approximate surface area is 106 Å². The number of para-hydroxylation sites is 1. The summed E-state index contributed by atoms with van der Waals surface area (Å²) in [6.07, 6.45) is 1.68. The van der Waals surface area contributed by atoms with Crippen LogP contribution >= 0.6 is 34.9 Å². The van der Waals surface area contributed by atoms with Gasteiger partial charge >= 0.3 is 0 Å². The highest BCUT2D eigenvalue weighted by Crippen LogP contribution is 2.17. The molecule has 2 aromatic heterocycles. The van der Waals surface area contributed by atoms with Crippen molar-refractivity contribution >= 4 is 50.2 Å². The smallest absolute Gasteiger partial charge is 0.179 e. The summed E-state index contributed by atoms with van der Waals surface area (Å²) in [5, 5.41) is 2.48. The van der Waals surface area contributed by atoms with Crippen LogP contribution in [-0.2, 0) is 0 Å². The molecule has 0 aliphatic rings. The fourth-order valence-electron chi connectivity index (χ4n) is 1.13. The summed E-state index contributed by atoms with van der Waals surface area (Å²) in [4.78, 5) is 6.80. The van der Waals surface area contributed by atoms with Crippen molar-refractivity contribution in [2.45, 2.75) is 0 Å². The van der Waals surface area contributed by atoms with Gasteiger partial charge in [0, 0.05) is 11.6 Å². The molecule has 0 saturated carbocycles. The van der Waals surface area contributed by atoms with Crippen LogP contribution in [0.2, 0.25) is 0 Å². The number of thiazole rings is 2. The largest absolute Gasteiger partial charge is 0.375 e. The van der Waals surface area contributed by atoms with Crippen LogP contribution in [0.4, 0.5) is 5.13 Å². The number of aromatic amines is 1. The number of rotatable bonds is 0. The summed E-state index contributed by atoms with van der Waals surface area (Å²) in [5.41, 5.74) is 6.32. The molecule has 6 heteroatoms. The van der Waals surface area contributed by atoms with Gasteiger partial charge in [-0.05, 0) is 24.4 Å². The second-order valence-corrected chi connectivity index (χ2v) is 5.53. The minimum atomic E-state index is 0.634. The van der Waals surface area contributed by atoms with Crippen molar-refractivity contribution < 1.29 is 0 Å². The van der Waals surface area contributed by atoms with E-state index < -0.39 is 0 Å². The van der Waals surface area contributed by atoms with Gasteiger partial charge in [-0.3, -0.25) is 0 Å². The lowest BCUT2D eigenvalue weighted by Crippen LogP contribution is -1.77. The van der Waals surface area contributed by atoms with Crippen LogP contribution in [0.1, 0.15) is 0 Å². The Balaban J connectivity index is 0.000000138. The second-order valence-electron chi connectivity index (χ2n) is 2.88. The molecule has 3 nitrogen and oxygen atoms in total. The van der Waals surface area contributed by atoms with Crippen LogP contribution in [-0.4, -0.2) is 9.97 Å². The molecule has 3 aromatic rings. The summed E-state index contributed by atoms with van der Waals surface area (Å²) in [7, 11) is 0. The first-order valence-corrected chi connectivity index (χ1v) is 6.59. The molecule has 0 unspecified atom stereocenters. The minimum Gasteiger partial charge on any atom is -0.375 e. The number of aromatic nitrogens is 2. The lowest BCUT2D eigenvalue weighted by Gasteiger charge is -1.81. The number of hydrogen-bond donors (Lipinski definition) is 2. The lowest BCUT2D eigenvalue weighted by atomic mass is 10.3. The normalized spacial score (nSPS) is 9.75. The molecule has 0 radical (unpaired) electrons. The van der Waals surface area contributed by atoms with Gasteiger partial charge in [-0.2, -0.15) is 0 Å². The van der Waals surface area contributed by atoms with Crippen molar-refractivity contribution in [3.8, 4) is 0 Å². The molecule has 0 fully saturated rings. The quantitative estimate of drug-likeness (QED) is 0.611. The number of anilines is 1. The van der Waals surface area contributed by atoms with Crippen molar-refractivity contribution in [3.05, 3.63) is 39.8 Å². The first kappa shape index (κ1) is 11.3. The molecular formula is C10H9N3S3. The summed E-state index contributed by atoms with van der Waals surface area (Å²) < 4.78 is 2.08. The van der Waals surface area contributed by atoms with Gasteiger partial charge in [0.05, 0.1) is 10.2 Å². The van der Waals surface area contributed by atoms with Crippen LogP contribution < -0.4 is 5.73 Å². The zero-order chi connectivity index (χ0) is 11.4. The number of nitrogens with one attached hydrogen (secondary N) is 1. The van der Waals surface area contributed by atoms with E-state index in [2.05, 4.69) is 16.0 Å². The van der Waals surface area contributed by atoms with Crippen molar-refractivity contribution in [2.75, 3.05) is 5.73 Å². The number of hydrogen-bond acceptors (Lipinski definition) is 5. The fourth-order valence-corrected chi connectivity index (χ4v) is 2.63. The van der Waals surface area contributed by atoms with Crippen LogP contribution in [0.25, 0.3) is 10.2 Å². The lowest BCUT2D eigenvalue weighted by molar-refractivity contribution is 1.43. The molecule has 3 N–H and O–H groups in total. The average Bonchev–Trinajstić information content (AvgIpc) is 2.86. The highest BCUT2D eigenvalue weighted by molar-refractivity contribution is 7.73. The second kappa shape index (κ2) is 5.20. The molecule has 16 heavy (non-hydrogen) atoms. The van der Waals surface area contributed by atoms with Crippen molar-refractivity contribution in [2.24, 2.45) is 0 Å². The number of nitrogen functional groups attached to an aromatic ring is 1. The Morgan fingerprint density at radius 3 is 2.69 bits per heavy atom. The van der Waals surface area contributed by atoms with E-state index in [1.807, 2.05) is 23.6 Å². The maximum atomic E-state index is 5.19. The highest BCUT2D eigenvalue weighted by atomic mass is 32.1. The summed E-state index contributed by atoms with van der Waals surface area (Å²) in [5.74, 6) is 0. The SMILES string of the molecule is Nc1nccs1.S=c1[nH]c2ccccc2s1. The third-order valence-electron chi connectivity index (χ3n) is 1.78. The van der Waals surface area contributed by atoms with Crippen molar-refractivity contribution in [1.29, 1.82) is 0 Å². The van der Waals surface area contributed by atoms with E-state index in [1.165, 1.54) is 16.0 Å². The Bertz CT molecular complexity index is 573. The van der Waals surface area contributed by atoms with Gasteiger partial charge in [0.2, 0.25) is 0 Å². The van der Waals surface area contributed by atoms with Gasteiger partial charge in [0.1, 0.15) is 0 Å². The van der Waals surface area contributed by atoms with E-state index in [9.17, 15) is 0 Å². The number of nitrogens with two attached hydrogens (primary N) is 1. The van der Waals surface area contributed by atoms with Gasteiger partial charge in [0.15, 0.2) is 9.09 Å². The van der Waals surface area contributed by atoms with Crippen molar-refractivity contribution in [3.63, 3.8) is 0 Å². The van der Waals surface area contributed by atoms with Crippen LogP contribution in [0.3, 0.4) is 0 Å². The number of nitrogens with zero attached hydrogens (tertiary/aromatic N) is 1. The number of benzene rings is 1. The molecule has 3 rings (SSSR count). The van der Waals surface area contributed by atoms with Crippen LogP contribution in [0.5, 0.6) is 0 Å². The van der Waals surface area contributed by atoms with Crippen LogP contribution in [0.15, 0.2) is 35.8 Å². The molecule has 2 heterocycles. The molecule has 0 saturated heterocycles. The maximum absolute atomic E-state index is 5.19. The predicted octanol–water partition coefficient (Wildman–Crippen LogP) is 3.68. The number of fused-ring (bicyclic) bond motifs is 1. The number of H-pyrrole nitrogens is 1. The van der Waals surface area contributed by atoms with E-state index >= 15 is 0 Å². The summed E-state index contributed by atoms with van der Waals surface area (Å²) in [6.45, 7) is 0. The van der Waals surface area contributed by atoms with Gasteiger partial charge in [0.25, 0.3) is 0 Å². The van der Waals surface area contributed by atoms with E-state index in [-0.39, 0.29) is 0 Å². The van der Waals surface area contributed by atoms with E-state index in [4.69, 9.17) is 18.0 Å². The van der Waals surface area contributed by atoms with Crippen molar-refractivity contribution in [1.82, 2.24) is 9.97 Å². The Morgan fingerprint density at radius 2 is 2.12 bits per heavy atom. The third-order valence-corrected chi connectivity index (χ3v) is 3.60. The molecule has 82 valence electrons. The molecule has 0 aliphatic heterocycles. The van der Waals surface area contributed by atoms with Gasteiger partial charge < -0.3 is 10.7 Å². The van der Waals surface area contributed by atoms with E-state index in [0.29, 0.717) is 5.13 Å². The monoisotopic (exact) mass is 267 g/mol. The minimum absolute atomic E-state index is 0.634. The molecule has 0 aliphatic carbocycles. The zero-order valence-corrected chi connectivity index (χ0v) is 10.7. The standard InChI is InChI=1S/C7H5NS2.C3H4N2S/c9-7-8-5-3-1-2-4-6(5)10-7;4-3-5-1-2-6-3/h1-4H,(H,8,9);1-2H,(H2,4,5). The maximum Gasteiger partial charge on any atom is 0.179 e. The van der Waals surface area contributed by atoms with Gasteiger partial charge in [-0.15, -0.1) is 22.7 Å². The van der Waals surface area contributed by atoms with E-state index in [1.54, 1.807) is 17.5 Å². The molecule has 0 atom stereocenters. The molecule has 1 aromatic carbocycles. The van der Waals surface area contributed by atoms with Gasteiger partial charge in [-0.1, -0.05) is 12.1 Å². The average molecular weight is 267 g/mol. The van der Waals surface area contributed by atoms with Crippen LogP contribution in [0, 0.1) is 3.95 Å². The first-order chi connectivity index (χ1) is 7.75. The topological polar surface area (TPSA) is 54.7 Å². The predicted molar refractivity (Wildman–Crippen MR) is 73.5 cm³/mol. The Kier molecular flexibility index (Phi) is 3.66. The Hall–Kier alpha value is -1.24. The molecule has 0 amide bonds. The van der Waals surface area contributed by atoms with E-state index in [0.717, 1.165) is 9.47 Å². The first-order valence-electron chi connectivity index (χ1n) is 4.48. The third kappa shape index (κ3) is 2.88. The highest BCUT2D eigenvalue weighted by Gasteiger charge is 1.91. The van der Waals surface area contributed by atoms with Gasteiger partial charge in [-0.25, -0.2) is 4.98 Å². The zero-order valence-electron chi connectivity index (χ0n) is 8.21. The molecule has 0 spiro atoms. The fraction of sp³-hybridized carbons (Fsp3) is 0. The summed E-state index contributed by atoms with van der Waals surface area (Å²) >= 11 is 8.03.